The van der Waals surface area contributed by atoms with Gasteiger partial charge >= 0.3 is 0 Å². The Morgan fingerprint density at radius 1 is 1.40 bits per heavy atom. The summed E-state index contributed by atoms with van der Waals surface area (Å²) in [6, 6.07) is 5.50. The molecular formula is C17H30N2S. The van der Waals surface area contributed by atoms with Gasteiger partial charge in [-0.1, -0.05) is 25.8 Å². The summed E-state index contributed by atoms with van der Waals surface area (Å²) in [6.07, 6.45) is 5.50. The Balaban J connectivity index is 2.08. The van der Waals surface area contributed by atoms with Crippen LogP contribution in [0.5, 0.6) is 0 Å². The normalized spacial score (nSPS) is 25.3. The van der Waals surface area contributed by atoms with Crippen molar-refractivity contribution in [2.45, 2.75) is 65.1 Å². The Morgan fingerprint density at radius 2 is 2.20 bits per heavy atom. The maximum Gasteiger partial charge on any atom is 0.0334 e. The van der Waals surface area contributed by atoms with Gasteiger partial charge in [-0.2, -0.15) is 0 Å². The Labute approximate surface area is 128 Å². The summed E-state index contributed by atoms with van der Waals surface area (Å²) in [5.74, 6) is 1.66. The van der Waals surface area contributed by atoms with Crippen LogP contribution in [0.25, 0.3) is 0 Å². The molecule has 2 N–H and O–H groups in total. The van der Waals surface area contributed by atoms with E-state index in [1.54, 1.807) is 0 Å². The van der Waals surface area contributed by atoms with Gasteiger partial charge in [0.05, 0.1) is 0 Å². The molecule has 114 valence electrons. The Morgan fingerprint density at radius 3 is 2.75 bits per heavy atom. The molecule has 20 heavy (non-hydrogen) atoms. The standard InChI is InChI=1S/C17H30N2S/c1-13(2)19(12-16-8-5-9-20-16)17(11-18)15-7-4-6-14(3)10-15/h5,8-9,13-15,17H,4,6-7,10-12,18H2,1-3H3. The van der Waals surface area contributed by atoms with Gasteiger partial charge in [0.1, 0.15) is 0 Å². The fourth-order valence-corrected chi connectivity index (χ4v) is 4.41. The van der Waals surface area contributed by atoms with Crippen LogP contribution in [0.1, 0.15) is 51.3 Å². The lowest BCUT2D eigenvalue weighted by atomic mass is 9.78. The minimum Gasteiger partial charge on any atom is -0.329 e. The minimum atomic E-state index is 0.542. The first-order valence-electron chi connectivity index (χ1n) is 8.10. The van der Waals surface area contributed by atoms with Crippen LogP contribution < -0.4 is 5.73 Å². The summed E-state index contributed by atoms with van der Waals surface area (Å²) in [6.45, 7) is 8.87. The first-order valence-corrected chi connectivity index (χ1v) is 8.98. The smallest absolute Gasteiger partial charge is 0.0334 e. The topological polar surface area (TPSA) is 29.3 Å². The van der Waals surface area contributed by atoms with Crippen LogP contribution in [0.2, 0.25) is 0 Å². The van der Waals surface area contributed by atoms with Crippen LogP contribution in [0, 0.1) is 11.8 Å². The summed E-state index contributed by atoms with van der Waals surface area (Å²) in [4.78, 5) is 4.09. The third kappa shape index (κ3) is 4.06. The van der Waals surface area contributed by atoms with Crippen molar-refractivity contribution in [2.24, 2.45) is 17.6 Å². The fraction of sp³-hybridized carbons (Fsp3) is 0.765. The van der Waals surface area contributed by atoms with E-state index in [-0.39, 0.29) is 0 Å². The SMILES string of the molecule is CC1CCCC(C(CN)N(Cc2cccs2)C(C)C)C1. The van der Waals surface area contributed by atoms with Crippen LogP contribution in [0.15, 0.2) is 17.5 Å². The maximum atomic E-state index is 6.18. The highest BCUT2D eigenvalue weighted by molar-refractivity contribution is 7.09. The van der Waals surface area contributed by atoms with Gasteiger partial charge in [-0.3, -0.25) is 4.90 Å². The van der Waals surface area contributed by atoms with Gasteiger partial charge in [0.15, 0.2) is 0 Å². The second-order valence-corrected chi connectivity index (χ2v) is 7.71. The van der Waals surface area contributed by atoms with Crippen molar-refractivity contribution >= 4 is 11.3 Å². The molecule has 2 rings (SSSR count). The lowest BCUT2D eigenvalue weighted by molar-refractivity contribution is 0.0757. The third-order valence-electron chi connectivity index (χ3n) is 4.77. The molecule has 1 fully saturated rings. The van der Waals surface area contributed by atoms with Crippen molar-refractivity contribution in [3.63, 3.8) is 0 Å². The zero-order valence-electron chi connectivity index (χ0n) is 13.2. The molecule has 1 aromatic rings. The molecule has 0 radical (unpaired) electrons. The molecule has 3 atom stereocenters. The van der Waals surface area contributed by atoms with Crippen molar-refractivity contribution in [3.05, 3.63) is 22.4 Å². The predicted octanol–water partition coefficient (Wildman–Crippen LogP) is 4.11. The van der Waals surface area contributed by atoms with Crippen molar-refractivity contribution in [1.82, 2.24) is 4.90 Å². The first kappa shape index (κ1) is 16.0. The van der Waals surface area contributed by atoms with E-state index in [0.717, 1.165) is 24.9 Å². The number of nitrogens with two attached hydrogens (primary N) is 1. The summed E-state index contributed by atoms with van der Waals surface area (Å²) >= 11 is 1.86. The largest absolute Gasteiger partial charge is 0.329 e. The molecule has 0 spiro atoms. The Kier molecular flexibility index (Phi) is 6.06. The molecule has 1 aliphatic carbocycles. The highest BCUT2D eigenvalue weighted by atomic mass is 32.1. The van der Waals surface area contributed by atoms with Gasteiger partial charge in [-0.15, -0.1) is 11.3 Å². The van der Waals surface area contributed by atoms with E-state index in [1.807, 2.05) is 11.3 Å². The summed E-state index contributed by atoms with van der Waals surface area (Å²) < 4.78 is 0. The van der Waals surface area contributed by atoms with E-state index < -0.39 is 0 Å². The average molecular weight is 295 g/mol. The van der Waals surface area contributed by atoms with E-state index in [0.29, 0.717) is 12.1 Å². The molecule has 2 nitrogen and oxygen atoms in total. The zero-order chi connectivity index (χ0) is 14.5. The molecule has 3 unspecified atom stereocenters. The Bertz CT molecular complexity index is 374. The fourth-order valence-electron chi connectivity index (χ4n) is 3.69. The maximum absolute atomic E-state index is 6.18. The summed E-state index contributed by atoms with van der Waals surface area (Å²) in [5, 5.41) is 2.17. The molecule has 1 aromatic heterocycles. The molecule has 1 aliphatic rings. The molecule has 3 heteroatoms. The van der Waals surface area contributed by atoms with Gasteiger partial charge in [-0.25, -0.2) is 0 Å². The van der Waals surface area contributed by atoms with E-state index in [9.17, 15) is 0 Å². The zero-order valence-corrected chi connectivity index (χ0v) is 14.0. The first-order chi connectivity index (χ1) is 9.61. The number of thiophene rings is 1. The molecule has 0 aliphatic heterocycles. The van der Waals surface area contributed by atoms with Crippen molar-refractivity contribution in [1.29, 1.82) is 0 Å². The number of hydrogen-bond donors (Lipinski definition) is 1. The minimum absolute atomic E-state index is 0.542. The van der Waals surface area contributed by atoms with E-state index in [4.69, 9.17) is 5.73 Å². The van der Waals surface area contributed by atoms with Gasteiger partial charge in [0.25, 0.3) is 0 Å². The molecule has 0 aromatic carbocycles. The second-order valence-electron chi connectivity index (χ2n) is 6.68. The second kappa shape index (κ2) is 7.58. The lowest BCUT2D eigenvalue weighted by Gasteiger charge is -2.41. The van der Waals surface area contributed by atoms with Gasteiger partial charge < -0.3 is 5.73 Å². The molecule has 0 bridgehead atoms. The monoisotopic (exact) mass is 294 g/mol. The average Bonchev–Trinajstić information content (AvgIpc) is 2.91. The van der Waals surface area contributed by atoms with Gasteiger partial charge in [-0.05, 0) is 50.0 Å². The van der Waals surface area contributed by atoms with E-state index in [1.165, 1.54) is 30.6 Å². The van der Waals surface area contributed by atoms with Crippen LogP contribution in [-0.2, 0) is 6.54 Å². The predicted molar refractivity (Wildman–Crippen MR) is 89.0 cm³/mol. The van der Waals surface area contributed by atoms with E-state index in [2.05, 4.69) is 43.2 Å². The van der Waals surface area contributed by atoms with Gasteiger partial charge in [0, 0.05) is 30.1 Å². The highest BCUT2D eigenvalue weighted by Crippen LogP contribution is 2.33. The molecule has 0 amide bonds. The quantitative estimate of drug-likeness (QED) is 0.855. The lowest BCUT2D eigenvalue weighted by Crippen LogP contribution is -2.49. The van der Waals surface area contributed by atoms with E-state index >= 15 is 0 Å². The molecule has 0 saturated heterocycles. The van der Waals surface area contributed by atoms with Crippen molar-refractivity contribution in [3.8, 4) is 0 Å². The Hall–Kier alpha value is -0.380. The van der Waals surface area contributed by atoms with Gasteiger partial charge in [0.2, 0.25) is 0 Å². The molecule has 1 saturated carbocycles. The number of nitrogens with zero attached hydrogens (tertiary/aromatic N) is 1. The molecular weight excluding hydrogens is 264 g/mol. The number of rotatable bonds is 6. The number of hydrogen-bond acceptors (Lipinski definition) is 3. The van der Waals surface area contributed by atoms with Crippen LogP contribution in [-0.4, -0.2) is 23.5 Å². The summed E-state index contributed by atoms with van der Waals surface area (Å²) in [5.41, 5.74) is 6.18. The van der Waals surface area contributed by atoms with Crippen LogP contribution >= 0.6 is 11.3 Å². The molecule has 1 heterocycles. The van der Waals surface area contributed by atoms with Crippen molar-refractivity contribution < 1.29 is 0 Å². The van der Waals surface area contributed by atoms with Crippen LogP contribution in [0.3, 0.4) is 0 Å². The summed E-state index contributed by atoms with van der Waals surface area (Å²) in [7, 11) is 0. The van der Waals surface area contributed by atoms with Crippen molar-refractivity contribution in [2.75, 3.05) is 6.54 Å². The van der Waals surface area contributed by atoms with Crippen LogP contribution in [0.4, 0.5) is 0 Å². The highest BCUT2D eigenvalue weighted by Gasteiger charge is 2.31. The third-order valence-corrected chi connectivity index (χ3v) is 5.63.